The SMILES string of the molecule is CC(NC(N)=O)C(=O)NC1CCc2c(Cl)cccc21. The molecule has 5 nitrogen and oxygen atoms in total. The van der Waals surface area contributed by atoms with Gasteiger partial charge >= 0.3 is 6.03 Å². The summed E-state index contributed by atoms with van der Waals surface area (Å²) in [4.78, 5) is 22.6. The van der Waals surface area contributed by atoms with Gasteiger partial charge in [0.1, 0.15) is 6.04 Å². The second-order valence-corrected chi connectivity index (χ2v) is 5.04. The van der Waals surface area contributed by atoms with Crippen molar-refractivity contribution in [2.45, 2.75) is 31.8 Å². The largest absolute Gasteiger partial charge is 0.352 e. The number of fused-ring (bicyclic) bond motifs is 1. The average molecular weight is 282 g/mol. The van der Waals surface area contributed by atoms with E-state index in [9.17, 15) is 9.59 Å². The van der Waals surface area contributed by atoms with Crippen molar-refractivity contribution in [1.29, 1.82) is 0 Å². The smallest absolute Gasteiger partial charge is 0.312 e. The molecule has 0 aliphatic heterocycles. The Morgan fingerprint density at radius 1 is 1.47 bits per heavy atom. The number of carbonyl (C=O) groups is 2. The number of nitrogens with one attached hydrogen (secondary N) is 2. The number of primary amides is 1. The lowest BCUT2D eigenvalue weighted by Gasteiger charge is -2.18. The van der Waals surface area contributed by atoms with E-state index in [1.807, 2.05) is 18.2 Å². The van der Waals surface area contributed by atoms with Crippen molar-refractivity contribution in [2.24, 2.45) is 5.73 Å². The van der Waals surface area contributed by atoms with Crippen LogP contribution in [-0.2, 0) is 11.2 Å². The van der Waals surface area contributed by atoms with Gasteiger partial charge in [-0.3, -0.25) is 4.79 Å². The van der Waals surface area contributed by atoms with E-state index in [1.165, 1.54) is 0 Å². The molecule has 0 bridgehead atoms. The number of benzene rings is 1. The van der Waals surface area contributed by atoms with Crippen molar-refractivity contribution < 1.29 is 9.59 Å². The Labute approximate surface area is 116 Å². The van der Waals surface area contributed by atoms with E-state index < -0.39 is 12.1 Å². The molecule has 0 fully saturated rings. The molecule has 0 aromatic heterocycles. The van der Waals surface area contributed by atoms with Crippen LogP contribution >= 0.6 is 11.6 Å². The van der Waals surface area contributed by atoms with E-state index >= 15 is 0 Å². The predicted molar refractivity (Wildman–Crippen MR) is 72.8 cm³/mol. The molecule has 0 saturated carbocycles. The minimum absolute atomic E-state index is 0.0571. The zero-order valence-corrected chi connectivity index (χ0v) is 11.3. The van der Waals surface area contributed by atoms with Crippen LogP contribution in [0.1, 0.15) is 30.5 Å². The summed E-state index contributed by atoms with van der Waals surface area (Å²) in [5.41, 5.74) is 7.12. The van der Waals surface area contributed by atoms with Gasteiger partial charge in [-0.1, -0.05) is 23.7 Å². The summed E-state index contributed by atoms with van der Waals surface area (Å²) in [7, 11) is 0. The number of halogens is 1. The molecule has 1 aliphatic carbocycles. The van der Waals surface area contributed by atoms with Gasteiger partial charge in [-0.2, -0.15) is 0 Å². The van der Waals surface area contributed by atoms with E-state index in [0.29, 0.717) is 0 Å². The van der Waals surface area contributed by atoms with Gasteiger partial charge in [0.05, 0.1) is 6.04 Å². The van der Waals surface area contributed by atoms with Crippen molar-refractivity contribution in [2.75, 3.05) is 0 Å². The number of rotatable bonds is 3. The van der Waals surface area contributed by atoms with Crippen LogP contribution in [-0.4, -0.2) is 18.0 Å². The van der Waals surface area contributed by atoms with Gasteiger partial charge in [-0.05, 0) is 37.0 Å². The summed E-state index contributed by atoms with van der Waals surface area (Å²) in [6.07, 6.45) is 1.66. The number of hydrogen-bond donors (Lipinski definition) is 3. The Morgan fingerprint density at radius 2 is 2.21 bits per heavy atom. The number of nitrogens with two attached hydrogens (primary N) is 1. The molecule has 0 radical (unpaired) electrons. The molecule has 0 heterocycles. The van der Waals surface area contributed by atoms with Crippen LogP contribution in [0.2, 0.25) is 5.02 Å². The zero-order chi connectivity index (χ0) is 14.0. The Morgan fingerprint density at radius 3 is 2.89 bits per heavy atom. The summed E-state index contributed by atoms with van der Waals surface area (Å²) < 4.78 is 0. The molecule has 4 N–H and O–H groups in total. The molecule has 2 atom stereocenters. The van der Waals surface area contributed by atoms with Gasteiger partial charge in [-0.15, -0.1) is 0 Å². The maximum absolute atomic E-state index is 11.9. The Kier molecular flexibility index (Phi) is 3.95. The highest BCUT2D eigenvalue weighted by Gasteiger charge is 2.27. The highest BCUT2D eigenvalue weighted by atomic mass is 35.5. The first-order valence-corrected chi connectivity index (χ1v) is 6.50. The molecule has 3 amide bonds. The molecule has 2 unspecified atom stereocenters. The van der Waals surface area contributed by atoms with E-state index in [0.717, 1.165) is 29.0 Å². The molecule has 102 valence electrons. The second kappa shape index (κ2) is 5.48. The Bertz CT molecular complexity index is 519. The molecule has 0 saturated heterocycles. The maximum Gasteiger partial charge on any atom is 0.312 e. The van der Waals surface area contributed by atoms with Gasteiger partial charge in [-0.25, -0.2) is 4.79 Å². The van der Waals surface area contributed by atoms with Gasteiger partial charge in [0.15, 0.2) is 0 Å². The van der Waals surface area contributed by atoms with Crippen LogP contribution < -0.4 is 16.4 Å². The highest BCUT2D eigenvalue weighted by molar-refractivity contribution is 6.31. The fourth-order valence-corrected chi connectivity index (χ4v) is 2.61. The number of urea groups is 1. The van der Waals surface area contributed by atoms with Gasteiger partial charge < -0.3 is 16.4 Å². The summed E-state index contributed by atoms with van der Waals surface area (Å²) in [5.74, 6) is -0.253. The summed E-state index contributed by atoms with van der Waals surface area (Å²) in [6.45, 7) is 1.59. The Hall–Kier alpha value is -1.75. The summed E-state index contributed by atoms with van der Waals surface area (Å²) in [6, 6.07) is 4.26. The van der Waals surface area contributed by atoms with Crippen LogP contribution in [0.3, 0.4) is 0 Å². The highest BCUT2D eigenvalue weighted by Crippen LogP contribution is 2.35. The van der Waals surface area contributed by atoms with Crippen molar-refractivity contribution in [3.63, 3.8) is 0 Å². The predicted octanol–water partition coefficient (Wildman–Crippen LogP) is 1.50. The van der Waals surface area contributed by atoms with Crippen molar-refractivity contribution >= 4 is 23.5 Å². The lowest BCUT2D eigenvalue weighted by molar-refractivity contribution is -0.123. The van der Waals surface area contributed by atoms with Crippen LogP contribution in [0.5, 0.6) is 0 Å². The molecular weight excluding hydrogens is 266 g/mol. The standard InChI is InChI=1S/C13H16ClN3O2/c1-7(16-13(15)19)12(18)17-11-6-5-8-9(11)3-2-4-10(8)14/h2-4,7,11H,5-6H2,1H3,(H,17,18)(H3,15,16,19). The fraction of sp³-hybridized carbons (Fsp3) is 0.385. The zero-order valence-electron chi connectivity index (χ0n) is 10.6. The van der Waals surface area contributed by atoms with Crippen molar-refractivity contribution in [3.05, 3.63) is 34.3 Å². The number of hydrogen-bond acceptors (Lipinski definition) is 2. The molecule has 1 aliphatic rings. The van der Waals surface area contributed by atoms with Crippen LogP contribution in [0.15, 0.2) is 18.2 Å². The van der Waals surface area contributed by atoms with Gasteiger partial charge in [0, 0.05) is 5.02 Å². The lowest BCUT2D eigenvalue weighted by atomic mass is 10.1. The maximum atomic E-state index is 11.9. The number of carbonyl (C=O) groups excluding carboxylic acids is 2. The van der Waals surface area contributed by atoms with E-state index in [2.05, 4.69) is 10.6 Å². The molecule has 1 aromatic carbocycles. The van der Waals surface area contributed by atoms with E-state index in [-0.39, 0.29) is 11.9 Å². The van der Waals surface area contributed by atoms with Crippen molar-refractivity contribution in [1.82, 2.24) is 10.6 Å². The van der Waals surface area contributed by atoms with Crippen LogP contribution in [0.25, 0.3) is 0 Å². The topological polar surface area (TPSA) is 84.2 Å². The average Bonchev–Trinajstić information content (AvgIpc) is 2.73. The van der Waals surface area contributed by atoms with Gasteiger partial charge in [0.2, 0.25) is 5.91 Å². The summed E-state index contributed by atoms with van der Waals surface area (Å²) in [5, 5.41) is 5.99. The quantitative estimate of drug-likeness (QED) is 0.784. The third-order valence-corrected chi connectivity index (χ3v) is 3.64. The summed E-state index contributed by atoms with van der Waals surface area (Å²) >= 11 is 6.12. The minimum Gasteiger partial charge on any atom is -0.352 e. The monoisotopic (exact) mass is 281 g/mol. The molecule has 2 rings (SSSR count). The normalized spacial score (nSPS) is 18.5. The molecule has 6 heteroatoms. The molecule has 1 aromatic rings. The number of amides is 3. The minimum atomic E-state index is -0.711. The third-order valence-electron chi connectivity index (χ3n) is 3.28. The van der Waals surface area contributed by atoms with Crippen molar-refractivity contribution in [3.8, 4) is 0 Å². The lowest BCUT2D eigenvalue weighted by Crippen LogP contribution is -2.47. The van der Waals surface area contributed by atoms with E-state index in [1.54, 1.807) is 6.92 Å². The first-order valence-electron chi connectivity index (χ1n) is 6.12. The molecule has 19 heavy (non-hydrogen) atoms. The molecular formula is C13H16ClN3O2. The second-order valence-electron chi connectivity index (χ2n) is 4.64. The Balaban J connectivity index is 2.05. The fourth-order valence-electron chi connectivity index (χ4n) is 2.34. The van der Waals surface area contributed by atoms with Crippen LogP contribution in [0, 0.1) is 0 Å². The van der Waals surface area contributed by atoms with E-state index in [4.69, 9.17) is 17.3 Å². The first-order chi connectivity index (χ1) is 8.99. The molecule has 0 spiro atoms. The third kappa shape index (κ3) is 2.98. The first kappa shape index (κ1) is 13.7. The van der Waals surface area contributed by atoms with Crippen LogP contribution in [0.4, 0.5) is 4.79 Å². The van der Waals surface area contributed by atoms with Gasteiger partial charge in [0.25, 0.3) is 0 Å².